The van der Waals surface area contributed by atoms with E-state index >= 15 is 0 Å². The summed E-state index contributed by atoms with van der Waals surface area (Å²) in [4.78, 5) is 0. The van der Waals surface area contributed by atoms with Crippen molar-refractivity contribution in [3.8, 4) is 0 Å². The van der Waals surface area contributed by atoms with Gasteiger partial charge in [0.1, 0.15) is 6.10 Å². The molecule has 1 rings (SSSR count). The molecule has 1 N–H and O–H groups in total. The minimum absolute atomic E-state index is 0.134. The zero-order valence-corrected chi connectivity index (χ0v) is 11.4. The zero-order chi connectivity index (χ0) is 18.3. The molecule has 10 heteroatoms. The van der Waals surface area contributed by atoms with Crippen LogP contribution in [0.3, 0.4) is 0 Å². The first kappa shape index (κ1) is 19.6. The minimum Gasteiger partial charge on any atom is -0.386 e. The molecule has 0 saturated carbocycles. The van der Waals surface area contributed by atoms with Crippen molar-refractivity contribution in [2.24, 2.45) is 0 Å². The van der Waals surface area contributed by atoms with Crippen LogP contribution < -0.4 is 0 Å². The molecule has 1 aromatic rings. The van der Waals surface area contributed by atoms with E-state index in [9.17, 15) is 44.6 Å². The van der Waals surface area contributed by atoms with Crippen LogP contribution in [0.1, 0.15) is 18.4 Å². The van der Waals surface area contributed by atoms with Crippen LogP contribution in [-0.4, -0.2) is 35.2 Å². The van der Waals surface area contributed by atoms with E-state index in [1.165, 1.54) is 18.2 Å². The van der Waals surface area contributed by atoms with Crippen LogP contribution in [0.2, 0.25) is 0 Å². The van der Waals surface area contributed by atoms with E-state index < -0.39 is 36.0 Å². The topological polar surface area (TPSA) is 20.2 Å². The Morgan fingerprint density at radius 1 is 0.783 bits per heavy atom. The molecule has 0 aliphatic rings. The molecule has 0 saturated heterocycles. The van der Waals surface area contributed by atoms with Gasteiger partial charge in [0, 0.05) is 5.92 Å². The van der Waals surface area contributed by atoms with Gasteiger partial charge in [0.2, 0.25) is 0 Å². The number of alkyl halides is 9. The van der Waals surface area contributed by atoms with E-state index in [2.05, 4.69) is 0 Å². The second-order valence-electron chi connectivity index (χ2n) is 4.91. The Kier molecular flexibility index (Phi) is 5.01. The molecule has 2 unspecified atom stereocenters. The van der Waals surface area contributed by atoms with Gasteiger partial charge in [-0.1, -0.05) is 37.3 Å². The summed E-state index contributed by atoms with van der Waals surface area (Å²) in [5.41, 5.74) is -0.134. The molecule has 1 nitrogen and oxygen atoms in total. The smallest absolute Gasteiger partial charge is 0.386 e. The highest BCUT2D eigenvalue weighted by molar-refractivity contribution is 5.22. The maximum Gasteiger partial charge on any atom is 0.460 e. The fourth-order valence-electron chi connectivity index (χ4n) is 1.83. The molecule has 0 heterocycles. The normalized spacial score (nSPS) is 17.0. The van der Waals surface area contributed by atoms with Crippen LogP contribution in [0, 0.1) is 0 Å². The monoisotopic (exact) mass is 354 g/mol. The predicted molar refractivity (Wildman–Crippen MR) is 61.8 cm³/mol. The lowest BCUT2D eigenvalue weighted by atomic mass is 9.87. The first-order valence-corrected chi connectivity index (χ1v) is 6.11. The highest BCUT2D eigenvalue weighted by atomic mass is 19.4. The van der Waals surface area contributed by atoms with Gasteiger partial charge in [-0.15, -0.1) is 0 Å². The molecule has 0 spiro atoms. The Morgan fingerprint density at radius 3 is 1.61 bits per heavy atom. The highest BCUT2D eigenvalue weighted by Gasteiger charge is 2.83. The summed E-state index contributed by atoms with van der Waals surface area (Å²) in [5, 5.41) is 9.33. The number of aliphatic hydroxyl groups is 1. The van der Waals surface area contributed by atoms with Gasteiger partial charge in [0.05, 0.1) is 0 Å². The van der Waals surface area contributed by atoms with Crippen molar-refractivity contribution in [1.29, 1.82) is 0 Å². The molecule has 0 fully saturated rings. The Hall–Kier alpha value is -1.45. The van der Waals surface area contributed by atoms with Gasteiger partial charge in [-0.3, -0.25) is 0 Å². The molecular formula is C13H11F9O. The number of hydrogen-bond acceptors (Lipinski definition) is 1. The predicted octanol–water partition coefficient (Wildman–Crippen LogP) is 4.62. The van der Waals surface area contributed by atoms with Crippen LogP contribution in [0.5, 0.6) is 0 Å². The third kappa shape index (κ3) is 3.13. The van der Waals surface area contributed by atoms with Crippen molar-refractivity contribution >= 4 is 0 Å². The summed E-state index contributed by atoms with van der Waals surface area (Å²) in [6.45, 7) is 0.801. The second kappa shape index (κ2) is 5.88. The lowest BCUT2D eigenvalue weighted by molar-refractivity contribution is -0.406. The van der Waals surface area contributed by atoms with E-state index in [1.807, 2.05) is 0 Å². The van der Waals surface area contributed by atoms with E-state index in [0.717, 1.165) is 19.1 Å². The fourth-order valence-corrected chi connectivity index (χ4v) is 1.83. The van der Waals surface area contributed by atoms with Gasteiger partial charge in [0.15, 0.2) is 0 Å². The molecule has 0 amide bonds. The van der Waals surface area contributed by atoms with Gasteiger partial charge in [-0.05, 0) is 5.56 Å². The van der Waals surface area contributed by atoms with Crippen molar-refractivity contribution in [3.63, 3.8) is 0 Å². The summed E-state index contributed by atoms with van der Waals surface area (Å²) >= 11 is 0. The van der Waals surface area contributed by atoms with E-state index in [1.54, 1.807) is 0 Å². The number of halogens is 9. The lowest BCUT2D eigenvalue weighted by Gasteiger charge is -2.37. The van der Waals surface area contributed by atoms with Gasteiger partial charge >= 0.3 is 23.9 Å². The molecule has 23 heavy (non-hydrogen) atoms. The molecule has 0 radical (unpaired) electrons. The molecule has 0 aliphatic carbocycles. The second-order valence-corrected chi connectivity index (χ2v) is 4.91. The largest absolute Gasteiger partial charge is 0.460 e. The third-order valence-corrected chi connectivity index (χ3v) is 3.34. The zero-order valence-electron chi connectivity index (χ0n) is 11.4. The van der Waals surface area contributed by atoms with Crippen molar-refractivity contribution in [1.82, 2.24) is 0 Å². The summed E-state index contributed by atoms with van der Waals surface area (Å²) < 4.78 is 115. The van der Waals surface area contributed by atoms with Crippen LogP contribution in [-0.2, 0) is 0 Å². The van der Waals surface area contributed by atoms with Gasteiger partial charge < -0.3 is 5.11 Å². The molecule has 0 aliphatic heterocycles. The molecule has 132 valence electrons. The standard InChI is InChI=1S/C13H11F9O/c1-7(8-5-3-2-4-6-8)9(23)10(14,15)11(16,17)12(18,19)13(20,21)22/h2-7,9,23H,1H3. The van der Waals surface area contributed by atoms with Gasteiger partial charge in [0.25, 0.3) is 0 Å². The minimum atomic E-state index is -7.01. The SMILES string of the molecule is CC(c1ccccc1)C(O)C(F)(F)C(F)(F)C(F)(F)C(F)(F)F. The lowest BCUT2D eigenvalue weighted by Crippen LogP contribution is -2.65. The molecule has 0 aromatic heterocycles. The molecule has 0 bridgehead atoms. The maximum absolute atomic E-state index is 13.6. The Labute approximate surface area is 124 Å². The number of rotatable bonds is 5. The summed E-state index contributed by atoms with van der Waals surface area (Å²) in [6.07, 6.45) is -10.4. The molecule has 1 aromatic carbocycles. The summed E-state index contributed by atoms with van der Waals surface area (Å²) in [6, 6.07) is 6.26. The third-order valence-electron chi connectivity index (χ3n) is 3.34. The number of hydrogen-bond donors (Lipinski definition) is 1. The van der Waals surface area contributed by atoms with Gasteiger partial charge in [-0.25, -0.2) is 0 Å². The van der Waals surface area contributed by atoms with Crippen LogP contribution >= 0.6 is 0 Å². The summed E-state index contributed by atoms with van der Waals surface area (Å²) in [7, 11) is 0. The average molecular weight is 354 g/mol. The van der Waals surface area contributed by atoms with Crippen molar-refractivity contribution < 1.29 is 44.6 Å². The summed E-state index contributed by atoms with van der Waals surface area (Å²) in [5.74, 6) is -21.7. The van der Waals surface area contributed by atoms with Gasteiger partial charge in [-0.2, -0.15) is 39.5 Å². The van der Waals surface area contributed by atoms with Crippen molar-refractivity contribution in [2.45, 2.75) is 42.9 Å². The molecule has 2 atom stereocenters. The highest BCUT2D eigenvalue weighted by Crippen LogP contribution is 2.55. The van der Waals surface area contributed by atoms with Crippen molar-refractivity contribution in [3.05, 3.63) is 35.9 Å². The number of benzene rings is 1. The Balaban J connectivity index is 3.23. The van der Waals surface area contributed by atoms with Crippen molar-refractivity contribution in [2.75, 3.05) is 0 Å². The fraction of sp³-hybridized carbons (Fsp3) is 0.538. The average Bonchev–Trinajstić information content (AvgIpc) is 2.44. The van der Waals surface area contributed by atoms with Crippen LogP contribution in [0.4, 0.5) is 39.5 Å². The van der Waals surface area contributed by atoms with E-state index in [4.69, 9.17) is 0 Å². The molecular weight excluding hydrogens is 343 g/mol. The Bertz CT molecular complexity index is 524. The van der Waals surface area contributed by atoms with Crippen LogP contribution in [0.15, 0.2) is 30.3 Å². The number of aliphatic hydroxyl groups excluding tert-OH is 1. The van der Waals surface area contributed by atoms with Crippen LogP contribution in [0.25, 0.3) is 0 Å². The Morgan fingerprint density at radius 2 is 1.22 bits per heavy atom. The first-order valence-electron chi connectivity index (χ1n) is 6.11. The maximum atomic E-state index is 13.6. The van der Waals surface area contributed by atoms with E-state index in [0.29, 0.717) is 0 Å². The van der Waals surface area contributed by atoms with E-state index in [-0.39, 0.29) is 5.56 Å². The first-order chi connectivity index (χ1) is 10.2. The quantitative estimate of drug-likeness (QED) is 0.765.